The first kappa shape index (κ1) is 21.6. The zero-order valence-corrected chi connectivity index (χ0v) is 18.6. The van der Waals surface area contributed by atoms with Gasteiger partial charge in [0.2, 0.25) is 0 Å². The van der Waals surface area contributed by atoms with Crippen LogP contribution < -0.4 is 4.90 Å². The maximum Gasteiger partial charge on any atom is 0.416 e. The lowest BCUT2D eigenvalue weighted by Gasteiger charge is -2.36. The van der Waals surface area contributed by atoms with E-state index in [1.165, 1.54) is 12.1 Å². The number of aromatic nitrogens is 1. The van der Waals surface area contributed by atoms with E-state index in [-0.39, 0.29) is 5.91 Å². The van der Waals surface area contributed by atoms with Crippen molar-refractivity contribution in [2.75, 3.05) is 31.1 Å². The zero-order chi connectivity index (χ0) is 23.0. The topological polar surface area (TPSA) is 28.5 Å². The Labute approximate surface area is 193 Å². The van der Waals surface area contributed by atoms with E-state index < -0.39 is 11.7 Å². The lowest BCUT2D eigenvalue weighted by atomic mass is 10.1. The van der Waals surface area contributed by atoms with E-state index in [2.05, 4.69) is 4.57 Å². The van der Waals surface area contributed by atoms with E-state index in [0.29, 0.717) is 44.1 Å². The lowest BCUT2D eigenvalue weighted by molar-refractivity contribution is -0.137. The van der Waals surface area contributed by atoms with Gasteiger partial charge >= 0.3 is 6.18 Å². The van der Waals surface area contributed by atoms with Crippen LogP contribution in [0.2, 0.25) is 0 Å². The smallest absolute Gasteiger partial charge is 0.368 e. The molecule has 0 spiro atoms. The van der Waals surface area contributed by atoms with Crippen molar-refractivity contribution in [3.8, 4) is 0 Å². The van der Waals surface area contributed by atoms with Crippen LogP contribution in [0.4, 0.5) is 18.9 Å². The second kappa shape index (κ2) is 8.59. The highest BCUT2D eigenvalue weighted by molar-refractivity contribution is 7.17. The summed E-state index contributed by atoms with van der Waals surface area (Å²) in [6, 6.07) is 19.4. The molecule has 1 aliphatic heterocycles. The molecule has 8 heteroatoms. The van der Waals surface area contributed by atoms with Gasteiger partial charge in [0.15, 0.2) is 0 Å². The second-order valence-corrected chi connectivity index (χ2v) is 9.05. The van der Waals surface area contributed by atoms with Gasteiger partial charge in [0, 0.05) is 38.4 Å². The van der Waals surface area contributed by atoms with Gasteiger partial charge < -0.3 is 14.4 Å². The van der Waals surface area contributed by atoms with Crippen LogP contribution in [-0.2, 0) is 12.7 Å². The molecule has 2 aromatic heterocycles. The van der Waals surface area contributed by atoms with Gasteiger partial charge in [-0.15, -0.1) is 11.3 Å². The highest BCUT2D eigenvalue weighted by Crippen LogP contribution is 2.32. The minimum absolute atomic E-state index is 0.0435. The van der Waals surface area contributed by atoms with E-state index in [1.807, 2.05) is 52.7 Å². The Morgan fingerprint density at radius 2 is 1.67 bits per heavy atom. The minimum Gasteiger partial charge on any atom is -0.368 e. The van der Waals surface area contributed by atoms with Crippen LogP contribution in [-0.4, -0.2) is 41.6 Å². The minimum atomic E-state index is -4.37. The number of rotatable bonds is 4. The molecule has 170 valence electrons. The van der Waals surface area contributed by atoms with Crippen molar-refractivity contribution in [2.24, 2.45) is 0 Å². The fourth-order valence-electron chi connectivity index (χ4n) is 4.30. The van der Waals surface area contributed by atoms with E-state index in [4.69, 9.17) is 0 Å². The van der Waals surface area contributed by atoms with Gasteiger partial charge in [0.1, 0.15) is 5.69 Å². The summed E-state index contributed by atoms with van der Waals surface area (Å²) in [6.07, 6.45) is -4.37. The van der Waals surface area contributed by atoms with E-state index in [9.17, 15) is 18.0 Å². The van der Waals surface area contributed by atoms with Crippen molar-refractivity contribution in [3.63, 3.8) is 0 Å². The number of amides is 1. The third kappa shape index (κ3) is 4.35. The summed E-state index contributed by atoms with van der Waals surface area (Å²) >= 11 is 1.61. The molecule has 0 atom stereocenters. The molecular weight excluding hydrogens is 447 g/mol. The molecule has 0 N–H and O–H groups in total. The van der Waals surface area contributed by atoms with Crippen LogP contribution in [0.3, 0.4) is 0 Å². The molecule has 0 aliphatic carbocycles. The largest absolute Gasteiger partial charge is 0.416 e. The normalized spacial score (nSPS) is 14.8. The van der Waals surface area contributed by atoms with Crippen molar-refractivity contribution in [3.05, 3.63) is 88.9 Å². The predicted octanol–water partition coefficient (Wildman–Crippen LogP) is 5.73. The number of hydrogen-bond acceptors (Lipinski definition) is 3. The van der Waals surface area contributed by atoms with E-state index >= 15 is 0 Å². The summed E-state index contributed by atoms with van der Waals surface area (Å²) in [6.45, 7) is 2.49. The van der Waals surface area contributed by atoms with Crippen LogP contribution in [0.25, 0.3) is 10.2 Å². The van der Waals surface area contributed by atoms with E-state index in [0.717, 1.165) is 21.8 Å². The van der Waals surface area contributed by atoms with Gasteiger partial charge in [-0.05, 0) is 41.3 Å². The predicted molar refractivity (Wildman–Crippen MR) is 125 cm³/mol. The number of fused-ring (bicyclic) bond motifs is 1. The third-order valence-corrected chi connectivity index (χ3v) is 6.88. The molecule has 5 rings (SSSR count). The SMILES string of the molecule is O=C(c1cc2sccc2n1Cc1ccccc1)N1CCN(c2cccc(C(F)(F)F)c2)CC1. The standard InChI is InChI=1S/C25H22F3N3OS/c26-25(27,28)19-7-4-8-20(15-19)29-10-12-30(13-11-29)24(32)22-16-23-21(9-14-33-23)31(22)17-18-5-2-1-3-6-18/h1-9,14-16H,10-13,17H2. The first-order chi connectivity index (χ1) is 15.9. The second-order valence-electron chi connectivity index (χ2n) is 8.10. The Morgan fingerprint density at radius 3 is 2.39 bits per heavy atom. The fraction of sp³-hybridized carbons (Fsp3) is 0.240. The molecule has 1 saturated heterocycles. The number of halogens is 3. The van der Waals surface area contributed by atoms with Crippen molar-refractivity contribution >= 4 is 33.1 Å². The van der Waals surface area contributed by atoms with Gasteiger partial charge in [-0.2, -0.15) is 13.2 Å². The number of alkyl halides is 3. The summed E-state index contributed by atoms with van der Waals surface area (Å²) in [5.74, 6) is -0.0435. The number of anilines is 1. The summed E-state index contributed by atoms with van der Waals surface area (Å²) in [4.78, 5) is 17.1. The molecule has 4 nitrogen and oxygen atoms in total. The Morgan fingerprint density at radius 1 is 0.909 bits per heavy atom. The Bertz CT molecular complexity index is 1270. The summed E-state index contributed by atoms with van der Waals surface area (Å²) in [5, 5.41) is 2.02. The number of nitrogens with zero attached hydrogens (tertiary/aromatic N) is 3. The van der Waals surface area contributed by atoms with Gasteiger partial charge in [-0.3, -0.25) is 4.79 Å². The fourth-order valence-corrected chi connectivity index (χ4v) is 5.12. The molecule has 33 heavy (non-hydrogen) atoms. The number of benzene rings is 2. The van der Waals surface area contributed by atoms with Crippen LogP contribution >= 0.6 is 11.3 Å². The molecule has 2 aromatic carbocycles. The summed E-state index contributed by atoms with van der Waals surface area (Å²) in [5.41, 5.74) is 2.68. The average Bonchev–Trinajstić information content (AvgIpc) is 3.42. The number of thiophene rings is 1. The molecule has 1 fully saturated rings. The first-order valence-corrected chi connectivity index (χ1v) is 11.6. The Hall–Kier alpha value is -3.26. The molecule has 0 bridgehead atoms. The molecule has 1 aliphatic rings. The van der Waals surface area contributed by atoms with Crippen LogP contribution in [0, 0.1) is 0 Å². The van der Waals surface area contributed by atoms with Crippen molar-refractivity contribution in [1.29, 1.82) is 0 Å². The van der Waals surface area contributed by atoms with Crippen molar-refractivity contribution in [1.82, 2.24) is 9.47 Å². The molecule has 1 amide bonds. The average molecular weight is 470 g/mol. The lowest BCUT2D eigenvalue weighted by Crippen LogP contribution is -2.49. The van der Waals surface area contributed by atoms with Crippen molar-refractivity contribution < 1.29 is 18.0 Å². The summed E-state index contributed by atoms with van der Waals surface area (Å²) in [7, 11) is 0. The first-order valence-electron chi connectivity index (χ1n) is 10.7. The number of piperazine rings is 1. The molecule has 3 heterocycles. The van der Waals surface area contributed by atoms with Gasteiger partial charge in [-0.1, -0.05) is 36.4 Å². The van der Waals surface area contributed by atoms with Gasteiger partial charge in [0.25, 0.3) is 5.91 Å². The van der Waals surface area contributed by atoms with Crippen LogP contribution in [0.15, 0.2) is 72.1 Å². The molecular formula is C25H22F3N3OS. The Balaban J connectivity index is 1.34. The number of carbonyl (C=O) groups excluding carboxylic acids is 1. The molecule has 0 saturated carbocycles. The maximum absolute atomic E-state index is 13.4. The van der Waals surface area contributed by atoms with Crippen molar-refractivity contribution in [2.45, 2.75) is 12.7 Å². The van der Waals surface area contributed by atoms with Gasteiger partial charge in [-0.25, -0.2) is 0 Å². The zero-order valence-electron chi connectivity index (χ0n) is 17.8. The summed E-state index contributed by atoms with van der Waals surface area (Å²) < 4.78 is 42.3. The quantitative estimate of drug-likeness (QED) is 0.382. The third-order valence-electron chi connectivity index (χ3n) is 6.03. The Kier molecular flexibility index (Phi) is 5.62. The number of carbonyl (C=O) groups is 1. The molecule has 0 radical (unpaired) electrons. The van der Waals surface area contributed by atoms with E-state index in [1.54, 1.807) is 22.3 Å². The van der Waals surface area contributed by atoms with Crippen LogP contribution in [0.5, 0.6) is 0 Å². The van der Waals surface area contributed by atoms with Crippen LogP contribution in [0.1, 0.15) is 21.6 Å². The monoisotopic (exact) mass is 469 g/mol. The highest BCUT2D eigenvalue weighted by atomic mass is 32.1. The molecule has 4 aromatic rings. The number of hydrogen-bond donors (Lipinski definition) is 0. The highest BCUT2D eigenvalue weighted by Gasteiger charge is 2.31. The molecule has 0 unspecified atom stereocenters. The maximum atomic E-state index is 13.4. The van der Waals surface area contributed by atoms with Gasteiger partial charge in [0.05, 0.1) is 15.8 Å².